The van der Waals surface area contributed by atoms with Crippen LogP contribution >= 0.6 is 0 Å². The number of para-hydroxylation sites is 1. The summed E-state index contributed by atoms with van der Waals surface area (Å²) in [5, 5.41) is 7.35. The Morgan fingerprint density at radius 1 is 1.44 bits per heavy atom. The minimum Gasteiger partial charge on any atom is -0.384 e. The van der Waals surface area contributed by atoms with Crippen LogP contribution in [0.1, 0.15) is 23.3 Å². The van der Waals surface area contributed by atoms with Gasteiger partial charge >= 0.3 is 0 Å². The predicted molar refractivity (Wildman–Crippen MR) is 66.4 cm³/mol. The third-order valence-electron chi connectivity index (χ3n) is 3.08. The van der Waals surface area contributed by atoms with Crippen molar-refractivity contribution in [2.24, 2.45) is 0 Å². The lowest BCUT2D eigenvalue weighted by Crippen LogP contribution is -2.06. The topological polar surface area (TPSA) is 60.2 Å². The van der Waals surface area contributed by atoms with Crippen molar-refractivity contribution in [3.05, 3.63) is 41.5 Å². The van der Waals surface area contributed by atoms with Crippen molar-refractivity contribution < 1.29 is 9.26 Å². The molecule has 0 amide bonds. The second-order valence-corrected chi connectivity index (χ2v) is 4.35. The van der Waals surface area contributed by atoms with Gasteiger partial charge in [0, 0.05) is 25.6 Å². The van der Waals surface area contributed by atoms with E-state index in [-0.39, 0.29) is 6.04 Å². The van der Waals surface area contributed by atoms with Gasteiger partial charge in [-0.1, -0.05) is 23.4 Å². The Bertz CT molecular complexity index is 514. The van der Waals surface area contributed by atoms with E-state index in [0.717, 1.165) is 12.1 Å². The summed E-state index contributed by atoms with van der Waals surface area (Å²) in [6.07, 6.45) is 1.57. The van der Waals surface area contributed by atoms with Crippen LogP contribution in [0.2, 0.25) is 0 Å². The summed E-state index contributed by atoms with van der Waals surface area (Å²) in [6, 6.07) is 8.33. The number of hydrogen-bond acceptors (Lipinski definition) is 5. The molecular weight excluding hydrogens is 230 g/mol. The van der Waals surface area contributed by atoms with Crippen LogP contribution in [0.3, 0.4) is 0 Å². The molecule has 1 aliphatic heterocycles. The van der Waals surface area contributed by atoms with Crippen molar-refractivity contribution >= 4 is 5.69 Å². The lowest BCUT2D eigenvalue weighted by atomic mass is 10.1. The number of fused-ring (bicyclic) bond motifs is 1. The summed E-state index contributed by atoms with van der Waals surface area (Å²) in [4.78, 5) is 4.39. The van der Waals surface area contributed by atoms with Gasteiger partial charge in [-0.2, -0.15) is 4.98 Å². The molecule has 0 saturated carbocycles. The standard InChI is InChI=1S/C13H15N3O2/c1-17-7-6-12-15-13(18-16-12)11-8-9-4-2-3-5-10(9)14-11/h2-5,11,14H,6-8H2,1H3. The Kier molecular flexibility index (Phi) is 2.98. The first-order valence-corrected chi connectivity index (χ1v) is 6.02. The van der Waals surface area contributed by atoms with Gasteiger partial charge in [0.25, 0.3) is 0 Å². The zero-order chi connectivity index (χ0) is 12.4. The number of nitrogens with one attached hydrogen (secondary N) is 1. The molecule has 1 aliphatic rings. The van der Waals surface area contributed by atoms with Crippen LogP contribution in [-0.4, -0.2) is 23.9 Å². The highest BCUT2D eigenvalue weighted by molar-refractivity contribution is 5.56. The van der Waals surface area contributed by atoms with E-state index >= 15 is 0 Å². The van der Waals surface area contributed by atoms with E-state index in [2.05, 4.69) is 27.6 Å². The molecule has 0 fully saturated rings. The molecule has 0 radical (unpaired) electrons. The van der Waals surface area contributed by atoms with E-state index in [4.69, 9.17) is 9.26 Å². The third-order valence-corrected chi connectivity index (χ3v) is 3.08. The first-order chi connectivity index (χ1) is 8.86. The molecule has 1 unspecified atom stereocenters. The first kappa shape index (κ1) is 11.2. The van der Waals surface area contributed by atoms with Crippen LogP contribution in [0.15, 0.2) is 28.8 Å². The van der Waals surface area contributed by atoms with Crippen LogP contribution in [0.25, 0.3) is 0 Å². The lowest BCUT2D eigenvalue weighted by molar-refractivity contribution is 0.199. The summed E-state index contributed by atoms with van der Waals surface area (Å²) >= 11 is 0. The number of aromatic nitrogens is 2. The largest absolute Gasteiger partial charge is 0.384 e. The quantitative estimate of drug-likeness (QED) is 0.892. The van der Waals surface area contributed by atoms with Crippen molar-refractivity contribution in [2.45, 2.75) is 18.9 Å². The fraction of sp³-hybridized carbons (Fsp3) is 0.385. The highest BCUT2D eigenvalue weighted by Gasteiger charge is 2.26. The molecule has 0 saturated heterocycles. The Labute approximate surface area is 105 Å². The molecule has 18 heavy (non-hydrogen) atoms. The molecule has 0 bridgehead atoms. The van der Waals surface area contributed by atoms with Gasteiger partial charge < -0.3 is 14.6 Å². The van der Waals surface area contributed by atoms with Crippen LogP contribution in [0.5, 0.6) is 0 Å². The highest BCUT2D eigenvalue weighted by atomic mass is 16.5. The van der Waals surface area contributed by atoms with Crippen molar-refractivity contribution in [1.29, 1.82) is 0 Å². The fourth-order valence-corrected chi connectivity index (χ4v) is 2.15. The Morgan fingerprint density at radius 3 is 3.17 bits per heavy atom. The lowest BCUT2D eigenvalue weighted by Gasteiger charge is -2.04. The number of benzene rings is 1. The third kappa shape index (κ3) is 2.09. The molecule has 1 atom stereocenters. The number of nitrogens with zero attached hydrogens (tertiary/aromatic N) is 2. The average Bonchev–Trinajstić information content (AvgIpc) is 3.02. The van der Waals surface area contributed by atoms with Gasteiger partial charge in [-0.05, 0) is 11.6 Å². The molecule has 2 aromatic rings. The van der Waals surface area contributed by atoms with E-state index in [1.54, 1.807) is 7.11 Å². The van der Waals surface area contributed by atoms with Crippen LogP contribution in [0.4, 0.5) is 5.69 Å². The molecule has 0 spiro atoms. The summed E-state index contributed by atoms with van der Waals surface area (Å²) in [7, 11) is 1.66. The van der Waals surface area contributed by atoms with E-state index in [0.29, 0.717) is 24.7 Å². The predicted octanol–water partition coefficient (Wildman–Crippen LogP) is 1.97. The molecule has 1 aromatic carbocycles. The molecule has 3 rings (SSSR count). The SMILES string of the molecule is COCCc1noc(C2Cc3ccccc3N2)n1. The Hall–Kier alpha value is -1.88. The van der Waals surface area contributed by atoms with Crippen LogP contribution in [0, 0.1) is 0 Å². The smallest absolute Gasteiger partial charge is 0.249 e. The number of methoxy groups -OCH3 is 1. The van der Waals surface area contributed by atoms with Gasteiger partial charge in [-0.3, -0.25) is 0 Å². The highest BCUT2D eigenvalue weighted by Crippen LogP contribution is 2.32. The van der Waals surface area contributed by atoms with Gasteiger partial charge in [0.2, 0.25) is 5.89 Å². The van der Waals surface area contributed by atoms with Gasteiger partial charge in [0.1, 0.15) is 6.04 Å². The molecule has 2 heterocycles. The molecule has 0 aliphatic carbocycles. The van der Waals surface area contributed by atoms with Crippen molar-refractivity contribution in [3.63, 3.8) is 0 Å². The van der Waals surface area contributed by atoms with Crippen molar-refractivity contribution in [1.82, 2.24) is 10.1 Å². The summed E-state index contributed by atoms with van der Waals surface area (Å²) in [5.74, 6) is 1.35. The molecule has 5 heteroatoms. The van der Waals surface area contributed by atoms with E-state index in [1.165, 1.54) is 5.56 Å². The van der Waals surface area contributed by atoms with Crippen LogP contribution in [-0.2, 0) is 17.6 Å². The van der Waals surface area contributed by atoms with Gasteiger partial charge in [-0.25, -0.2) is 0 Å². The van der Waals surface area contributed by atoms with E-state index in [1.807, 2.05) is 12.1 Å². The average molecular weight is 245 g/mol. The summed E-state index contributed by atoms with van der Waals surface area (Å²) < 4.78 is 10.3. The maximum absolute atomic E-state index is 5.30. The zero-order valence-corrected chi connectivity index (χ0v) is 10.2. The van der Waals surface area contributed by atoms with Gasteiger partial charge in [-0.15, -0.1) is 0 Å². The molecule has 5 nitrogen and oxygen atoms in total. The summed E-state index contributed by atoms with van der Waals surface area (Å²) in [5.41, 5.74) is 2.44. The second-order valence-electron chi connectivity index (χ2n) is 4.35. The molecule has 94 valence electrons. The molecular formula is C13H15N3O2. The Morgan fingerprint density at radius 2 is 2.33 bits per heavy atom. The summed E-state index contributed by atoms with van der Waals surface area (Å²) in [6.45, 7) is 0.608. The number of hydrogen-bond donors (Lipinski definition) is 1. The number of ether oxygens (including phenoxy) is 1. The fourth-order valence-electron chi connectivity index (χ4n) is 2.15. The normalized spacial score (nSPS) is 17.5. The van der Waals surface area contributed by atoms with Crippen LogP contribution < -0.4 is 5.32 Å². The minimum atomic E-state index is 0.0891. The zero-order valence-electron chi connectivity index (χ0n) is 10.2. The van der Waals surface area contributed by atoms with E-state index < -0.39 is 0 Å². The first-order valence-electron chi connectivity index (χ1n) is 6.02. The number of rotatable bonds is 4. The van der Waals surface area contributed by atoms with Crippen molar-refractivity contribution in [2.75, 3.05) is 19.0 Å². The van der Waals surface area contributed by atoms with Crippen molar-refractivity contribution in [3.8, 4) is 0 Å². The van der Waals surface area contributed by atoms with Gasteiger partial charge in [0.15, 0.2) is 5.82 Å². The maximum Gasteiger partial charge on any atom is 0.249 e. The van der Waals surface area contributed by atoms with E-state index in [9.17, 15) is 0 Å². The molecule has 1 N–H and O–H groups in total. The molecule has 1 aromatic heterocycles. The number of anilines is 1. The monoisotopic (exact) mass is 245 g/mol. The maximum atomic E-state index is 5.30. The Balaban J connectivity index is 1.72. The minimum absolute atomic E-state index is 0.0891. The second kappa shape index (κ2) is 4.78. The van der Waals surface area contributed by atoms with Gasteiger partial charge in [0.05, 0.1) is 6.61 Å².